The number of carboxylic acids is 1. The van der Waals surface area contributed by atoms with Gasteiger partial charge in [-0.1, -0.05) is 64.7 Å². The van der Waals surface area contributed by atoms with E-state index in [1.165, 1.54) is 57.8 Å². The summed E-state index contributed by atoms with van der Waals surface area (Å²) < 4.78 is 0. The van der Waals surface area contributed by atoms with Crippen molar-refractivity contribution in [1.82, 2.24) is 4.90 Å². The van der Waals surface area contributed by atoms with Gasteiger partial charge in [-0.05, 0) is 38.8 Å². The van der Waals surface area contributed by atoms with Crippen LogP contribution in [0.1, 0.15) is 96.8 Å². The third kappa shape index (κ3) is 17.7. The van der Waals surface area contributed by atoms with Crippen LogP contribution in [0.5, 0.6) is 0 Å². The Balaban J connectivity index is 3.60. The summed E-state index contributed by atoms with van der Waals surface area (Å²) in [5.41, 5.74) is 0. The molecule has 0 aliphatic heterocycles. The molecule has 0 radical (unpaired) electrons. The standard InChI is InChI=1S/C20H41NO3/c1-2-3-4-5-6-9-12-16-21(18-14-19-22)17-13-10-7-8-11-15-20(23)24/h22H,2-19H2,1H3,(H,23,24). The maximum absolute atomic E-state index is 10.4. The van der Waals surface area contributed by atoms with Crippen LogP contribution in [0, 0.1) is 0 Å². The molecule has 0 aromatic heterocycles. The van der Waals surface area contributed by atoms with Gasteiger partial charge in [0.1, 0.15) is 0 Å². The second-order valence-electron chi connectivity index (χ2n) is 6.95. The number of rotatable bonds is 19. The normalized spacial score (nSPS) is 11.3. The Morgan fingerprint density at radius 1 is 0.708 bits per heavy atom. The van der Waals surface area contributed by atoms with Crippen molar-refractivity contribution < 1.29 is 15.0 Å². The average Bonchev–Trinajstić information content (AvgIpc) is 2.56. The van der Waals surface area contributed by atoms with E-state index in [1.54, 1.807) is 0 Å². The molecule has 0 aliphatic rings. The molecule has 144 valence electrons. The van der Waals surface area contributed by atoms with Crippen molar-refractivity contribution in [2.24, 2.45) is 0 Å². The topological polar surface area (TPSA) is 60.8 Å². The van der Waals surface area contributed by atoms with Crippen molar-refractivity contribution >= 4 is 5.97 Å². The molecule has 0 unspecified atom stereocenters. The number of nitrogens with zero attached hydrogens (tertiary/aromatic N) is 1. The second-order valence-corrected chi connectivity index (χ2v) is 6.95. The molecule has 0 saturated heterocycles. The molecule has 0 amide bonds. The highest BCUT2D eigenvalue weighted by molar-refractivity contribution is 5.66. The van der Waals surface area contributed by atoms with Crippen LogP contribution in [0.15, 0.2) is 0 Å². The highest BCUT2D eigenvalue weighted by Crippen LogP contribution is 2.10. The van der Waals surface area contributed by atoms with E-state index < -0.39 is 5.97 Å². The van der Waals surface area contributed by atoms with Gasteiger partial charge < -0.3 is 15.1 Å². The fraction of sp³-hybridized carbons (Fsp3) is 0.950. The third-order valence-corrected chi connectivity index (χ3v) is 4.58. The molecule has 0 rings (SSSR count). The van der Waals surface area contributed by atoms with Gasteiger partial charge in [0.05, 0.1) is 0 Å². The predicted octanol–water partition coefficient (Wildman–Crippen LogP) is 4.85. The van der Waals surface area contributed by atoms with Crippen LogP contribution in [0.25, 0.3) is 0 Å². The predicted molar refractivity (Wildman–Crippen MR) is 101 cm³/mol. The fourth-order valence-electron chi connectivity index (χ4n) is 3.06. The number of unbranched alkanes of at least 4 members (excludes halogenated alkanes) is 10. The van der Waals surface area contributed by atoms with Gasteiger partial charge in [0.15, 0.2) is 0 Å². The molecule has 0 heterocycles. The summed E-state index contributed by atoms with van der Waals surface area (Å²) in [6.07, 6.45) is 15.9. The van der Waals surface area contributed by atoms with Crippen molar-refractivity contribution in [1.29, 1.82) is 0 Å². The van der Waals surface area contributed by atoms with Crippen LogP contribution in [-0.2, 0) is 4.79 Å². The lowest BCUT2D eigenvalue weighted by molar-refractivity contribution is -0.137. The van der Waals surface area contributed by atoms with E-state index in [0.717, 1.165) is 45.3 Å². The summed E-state index contributed by atoms with van der Waals surface area (Å²) in [7, 11) is 0. The highest BCUT2D eigenvalue weighted by atomic mass is 16.4. The minimum atomic E-state index is -0.681. The van der Waals surface area contributed by atoms with Crippen LogP contribution in [0.2, 0.25) is 0 Å². The summed E-state index contributed by atoms with van der Waals surface area (Å²) >= 11 is 0. The molecule has 0 fully saturated rings. The van der Waals surface area contributed by atoms with Gasteiger partial charge in [-0.25, -0.2) is 0 Å². The Labute approximate surface area is 149 Å². The average molecular weight is 344 g/mol. The zero-order valence-corrected chi connectivity index (χ0v) is 16.0. The monoisotopic (exact) mass is 343 g/mol. The number of aliphatic hydroxyl groups is 1. The van der Waals surface area contributed by atoms with E-state index in [-0.39, 0.29) is 6.61 Å². The summed E-state index contributed by atoms with van der Waals surface area (Å²) in [6.45, 7) is 5.82. The third-order valence-electron chi connectivity index (χ3n) is 4.58. The molecule has 0 atom stereocenters. The lowest BCUT2D eigenvalue weighted by Crippen LogP contribution is -2.27. The van der Waals surface area contributed by atoms with E-state index in [4.69, 9.17) is 10.2 Å². The molecule has 0 saturated carbocycles. The van der Waals surface area contributed by atoms with Crippen LogP contribution in [-0.4, -0.2) is 47.3 Å². The van der Waals surface area contributed by atoms with Crippen LogP contribution in [0.4, 0.5) is 0 Å². The molecule has 0 bridgehead atoms. The molecule has 4 nitrogen and oxygen atoms in total. The van der Waals surface area contributed by atoms with Gasteiger partial charge >= 0.3 is 5.97 Å². The number of hydrogen-bond donors (Lipinski definition) is 2. The van der Waals surface area contributed by atoms with Crippen molar-refractivity contribution in [2.45, 2.75) is 96.8 Å². The maximum Gasteiger partial charge on any atom is 0.303 e. The Hall–Kier alpha value is -0.610. The van der Waals surface area contributed by atoms with Gasteiger partial charge in [0.2, 0.25) is 0 Å². The zero-order chi connectivity index (χ0) is 17.9. The minimum absolute atomic E-state index is 0.280. The van der Waals surface area contributed by atoms with Gasteiger partial charge in [0.25, 0.3) is 0 Å². The van der Waals surface area contributed by atoms with Gasteiger partial charge in [-0.2, -0.15) is 0 Å². The molecular formula is C20H41NO3. The molecule has 0 aromatic rings. The Kier molecular flexibility index (Phi) is 18.2. The molecule has 0 aromatic carbocycles. The van der Waals surface area contributed by atoms with Crippen molar-refractivity contribution in [3.8, 4) is 0 Å². The van der Waals surface area contributed by atoms with Crippen molar-refractivity contribution in [2.75, 3.05) is 26.2 Å². The second kappa shape index (κ2) is 18.7. The Morgan fingerprint density at radius 3 is 1.67 bits per heavy atom. The first-order valence-electron chi connectivity index (χ1n) is 10.3. The lowest BCUT2D eigenvalue weighted by atomic mass is 10.1. The molecule has 0 aliphatic carbocycles. The summed E-state index contributed by atoms with van der Waals surface area (Å²) in [6, 6.07) is 0. The first kappa shape index (κ1) is 23.4. The molecular weight excluding hydrogens is 302 g/mol. The van der Waals surface area contributed by atoms with Gasteiger partial charge in [-0.3, -0.25) is 4.79 Å². The van der Waals surface area contributed by atoms with E-state index in [2.05, 4.69) is 11.8 Å². The maximum atomic E-state index is 10.4. The van der Waals surface area contributed by atoms with Crippen LogP contribution in [0.3, 0.4) is 0 Å². The minimum Gasteiger partial charge on any atom is -0.481 e. The fourth-order valence-corrected chi connectivity index (χ4v) is 3.06. The summed E-state index contributed by atoms with van der Waals surface area (Å²) in [5.74, 6) is -0.681. The quantitative estimate of drug-likeness (QED) is 0.329. The molecule has 2 N–H and O–H groups in total. The number of aliphatic carboxylic acids is 1. The first-order valence-corrected chi connectivity index (χ1v) is 10.3. The van der Waals surface area contributed by atoms with E-state index >= 15 is 0 Å². The van der Waals surface area contributed by atoms with Gasteiger partial charge in [-0.15, -0.1) is 0 Å². The molecule has 0 spiro atoms. The van der Waals surface area contributed by atoms with Crippen molar-refractivity contribution in [3.05, 3.63) is 0 Å². The highest BCUT2D eigenvalue weighted by Gasteiger charge is 2.04. The van der Waals surface area contributed by atoms with E-state index in [0.29, 0.717) is 6.42 Å². The van der Waals surface area contributed by atoms with E-state index in [1.807, 2.05) is 0 Å². The first-order chi connectivity index (χ1) is 11.7. The van der Waals surface area contributed by atoms with Crippen LogP contribution >= 0.6 is 0 Å². The lowest BCUT2D eigenvalue weighted by Gasteiger charge is -2.22. The van der Waals surface area contributed by atoms with Gasteiger partial charge in [0, 0.05) is 19.6 Å². The number of aliphatic hydroxyl groups excluding tert-OH is 1. The number of carbonyl (C=O) groups is 1. The smallest absolute Gasteiger partial charge is 0.303 e. The largest absolute Gasteiger partial charge is 0.481 e. The molecule has 24 heavy (non-hydrogen) atoms. The zero-order valence-electron chi connectivity index (χ0n) is 16.0. The number of hydrogen-bond acceptors (Lipinski definition) is 3. The van der Waals surface area contributed by atoms with Crippen LogP contribution < -0.4 is 0 Å². The Bertz CT molecular complexity index is 272. The summed E-state index contributed by atoms with van der Waals surface area (Å²) in [5, 5.41) is 17.7. The summed E-state index contributed by atoms with van der Waals surface area (Å²) in [4.78, 5) is 12.9. The number of carboxylic acid groups (broad SMARTS) is 1. The molecule has 4 heteroatoms. The Morgan fingerprint density at radius 2 is 1.17 bits per heavy atom. The van der Waals surface area contributed by atoms with E-state index in [9.17, 15) is 4.79 Å². The van der Waals surface area contributed by atoms with Crippen molar-refractivity contribution in [3.63, 3.8) is 0 Å². The SMILES string of the molecule is CCCCCCCCCN(CCCO)CCCCCCCC(=O)O.